The van der Waals surface area contributed by atoms with Crippen LogP contribution >= 0.6 is 0 Å². The molecule has 174 valence electrons. The fraction of sp³-hybridized carbons (Fsp3) is 0.476. The van der Waals surface area contributed by atoms with Gasteiger partial charge in [0.05, 0.1) is 11.4 Å². The number of rotatable bonds is 4. The van der Waals surface area contributed by atoms with E-state index in [1.165, 1.54) is 13.3 Å². The van der Waals surface area contributed by atoms with Gasteiger partial charge < -0.3 is 9.42 Å². The second-order valence-corrected chi connectivity index (χ2v) is 11.0. The summed E-state index contributed by atoms with van der Waals surface area (Å²) in [6.07, 6.45) is 3.89. The normalized spacial score (nSPS) is 28.6. The molecule has 1 saturated carbocycles. The molecule has 0 bridgehead atoms. The van der Waals surface area contributed by atoms with Crippen LogP contribution < -0.4 is 8.61 Å². The first-order valence-corrected chi connectivity index (χ1v) is 12.1. The van der Waals surface area contributed by atoms with Crippen molar-refractivity contribution < 1.29 is 26.5 Å². The minimum Gasteiger partial charge on any atom is -0.364 e. The van der Waals surface area contributed by atoms with Gasteiger partial charge in [0.1, 0.15) is 6.26 Å². The molecule has 1 saturated heterocycles. The lowest BCUT2D eigenvalue weighted by molar-refractivity contribution is 0.0774. The summed E-state index contributed by atoms with van der Waals surface area (Å²) in [5, 5.41) is 3.71. The van der Waals surface area contributed by atoms with Crippen molar-refractivity contribution in [1.82, 2.24) is 15.0 Å². The molecule has 0 spiro atoms. The second-order valence-electron chi connectivity index (χ2n) is 9.12. The maximum atomic E-state index is 13.4. The summed E-state index contributed by atoms with van der Waals surface area (Å²) < 4.78 is 59.3. The first-order chi connectivity index (χ1) is 15.6. The van der Waals surface area contributed by atoms with E-state index >= 15 is 0 Å². The topological polar surface area (TPSA) is 99.8 Å². The maximum absolute atomic E-state index is 13.4. The van der Waals surface area contributed by atoms with Crippen molar-refractivity contribution in [3.63, 3.8) is 0 Å². The Morgan fingerprint density at radius 2 is 2.06 bits per heavy atom. The Morgan fingerprint density at radius 3 is 2.73 bits per heavy atom. The summed E-state index contributed by atoms with van der Waals surface area (Å²) in [5.74, 6) is -3.25. The van der Waals surface area contributed by atoms with Gasteiger partial charge in [-0.05, 0) is 36.0 Å². The van der Waals surface area contributed by atoms with Gasteiger partial charge in [-0.3, -0.25) is 4.79 Å². The molecule has 33 heavy (non-hydrogen) atoms. The van der Waals surface area contributed by atoms with Gasteiger partial charge in [-0.1, -0.05) is 11.2 Å². The van der Waals surface area contributed by atoms with Crippen molar-refractivity contribution in [1.29, 1.82) is 0 Å². The minimum absolute atomic E-state index is 0.156. The third-order valence-corrected chi connectivity index (χ3v) is 8.82. The molecule has 2 aliphatic heterocycles. The molecule has 4 heterocycles. The number of carbonyl (C=O) groups excluding carboxylic acids is 1. The highest BCUT2D eigenvalue weighted by molar-refractivity contribution is 7.94. The fourth-order valence-electron chi connectivity index (χ4n) is 5.04. The molecule has 3 unspecified atom stereocenters. The van der Waals surface area contributed by atoms with Gasteiger partial charge in [0, 0.05) is 45.1 Å². The Balaban J connectivity index is 1.22. The molecule has 2 aromatic heterocycles. The minimum atomic E-state index is -3.93. The number of halogens is 2. The number of hydrogen-bond donors (Lipinski definition) is 0. The molecular formula is C21H21F2N5O4S. The highest BCUT2D eigenvalue weighted by atomic mass is 32.2. The van der Waals surface area contributed by atoms with Crippen LogP contribution in [0.4, 0.5) is 20.3 Å². The van der Waals surface area contributed by atoms with Crippen LogP contribution in [0.3, 0.4) is 0 Å². The highest BCUT2D eigenvalue weighted by Crippen LogP contribution is 2.51. The largest absolute Gasteiger partial charge is 0.364 e. The number of anilines is 2. The molecule has 0 radical (unpaired) electrons. The Hall–Kier alpha value is -3.02. The van der Waals surface area contributed by atoms with Crippen LogP contribution in [0.2, 0.25) is 0 Å². The number of hydrogen-bond acceptors (Lipinski definition) is 6. The first-order valence-electron chi connectivity index (χ1n) is 10.7. The smallest absolute Gasteiger partial charge is 0.327 e. The summed E-state index contributed by atoms with van der Waals surface area (Å²) in [6.45, 7) is 0.914. The van der Waals surface area contributed by atoms with Gasteiger partial charge in [-0.2, -0.15) is 8.42 Å². The lowest BCUT2D eigenvalue weighted by Gasteiger charge is -2.18. The molecule has 9 nitrogen and oxygen atoms in total. The van der Waals surface area contributed by atoms with Gasteiger partial charge in [-0.25, -0.2) is 22.4 Å². The van der Waals surface area contributed by atoms with Crippen molar-refractivity contribution in [3.05, 3.63) is 41.9 Å². The van der Waals surface area contributed by atoms with E-state index in [4.69, 9.17) is 4.52 Å². The van der Waals surface area contributed by atoms with Crippen LogP contribution in [0.25, 0.3) is 5.57 Å². The number of carbonyl (C=O) groups is 1. The van der Waals surface area contributed by atoms with Crippen LogP contribution in [0.1, 0.15) is 29.0 Å². The van der Waals surface area contributed by atoms with Gasteiger partial charge in [-0.15, -0.1) is 0 Å². The van der Waals surface area contributed by atoms with Gasteiger partial charge in [0.2, 0.25) is 0 Å². The van der Waals surface area contributed by atoms with E-state index in [0.29, 0.717) is 30.9 Å². The van der Waals surface area contributed by atoms with E-state index in [1.54, 1.807) is 23.1 Å². The van der Waals surface area contributed by atoms with E-state index in [-0.39, 0.29) is 42.2 Å². The predicted molar refractivity (Wildman–Crippen MR) is 114 cm³/mol. The Bertz CT molecular complexity index is 1280. The SMILES string of the molecule is CN1c2nc(C3=CC4CN(C(=O)c5ccon5)CC4C3)ccc2N(CC2CC2(F)F)S1(=O)=O. The average Bonchev–Trinajstić information content (AvgIpc) is 3.31. The first kappa shape index (κ1) is 20.6. The predicted octanol–water partition coefficient (Wildman–Crippen LogP) is 2.40. The number of amides is 1. The molecule has 0 N–H and O–H groups in total. The summed E-state index contributed by atoms with van der Waals surface area (Å²) in [6, 6.07) is 4.94. The average molecular weight is 477 g/mol. The van der Waals surface area contributed by atoms with E-state index < -0.39 is 22.0 Å². The highest BCUT2D eigenvalue weighted by Gasteiger charge is 2.59. The lowest BCUT2D eigenvalue weighted by Crippen LogP contribution is -2.37. The zero-order valence-electron chi connectivity index (χ0n) is 17.7. The lowest BCUT2D eigenvalue weighted by atomic mass is 9.99. The maximum Gasteiger partial charge on any atom is 0.327 e. The van der Waals surface area contributed by atoms with E-state index in [0.717, 1.165) is 14.2 Å². The van der Waals surface area contributed by atoms with Gasteiger partial charge in [0.25, 0.3) is 11.8 Å². The van der Waals surface area contributed by atoms with Crippen LogP contribution in [0, 0.1) is 17.8 Å². The van der Waals surface area contributed by atoms with E-state index in [9.17, 15) is 22.0 Å². The second kappa shape index (κ2) is 6.75. The molecule has 2 aliphatic carbocycles. The van der Waals surface area contributed by atoms with Crippen molar-refractivity contribution in [2.45, 2.75) is 18.8 Å². The van der Waals surface area contributed by atoms with Crippen LogP contribution in [0.5, 0.6) is 0 Å². The van der Waals surface area contributed by atoms with Gasteiger partial charge in [0.15, 0.2) is 11.5 Å². The summed E-state index contributed by atoms with van der Waals surface area (Å²) >= 11 is 0. The molecule has 1 amide bonds. The zero-order valence-corrected chi connectivity index (χ0v) is 18.5. The van der Waals surface area contributed by atoms with E-state index in [1.807, 2.05) is 0 Å². The quantitative estimate of drug-likeness (QED) is 0.671. The molecule has 12 heteroatoms. The molecule has 6 rings (SSSR count). The Morgan fingerprint density at radius 1 is 1.27 bits per heavy atom. The molecule has 0 aromatic carbocycles. The van der Waals surface area contributed by atoms with Crippen molar-refractivity contribution in [2.24, 2.45) is 17.8 Å². The number of pyridine rings is 1. The third-order valence-electron chi connectivity index (χ3n) is 7.05. The number of aromatic nitrogens is 2. The van der Waals surface area contributed by atoms with Crippen LogP contribution in [0.15, 0.2) is 35.1 Å². The zero-order chi connectivity index (χ0) is 23.1. The van der Waals surface area contributed by atoms with Crippen LogP contribution in [-0.2, 0) is 10.2 Å². The molecule has 2 aromatic rings. The standard InChI is InChI=1S/C21H21F2N5O4S/c1-26-19-18(28(33(26,30)31)11-15-8-21(15,22)23)3-2-16(24-19)12-6-13-9-27(10-14(13)7-12)20(29)17-4-5-32-25-17/h2-6,13-15H,7-11H2,1H3. The van der Waals surface area contributed by atoms with Crippen LogP contribution in [-0.4, -0.2) is 62.0 Å². The molecule has 2 fully saturated rings. The summed E-state index contributed by atoms with van der Waals surface area (Å²) in [7, 11) is -2.54. The van der Waals surface area contributed by atoms with Gasteiger partial charge >= 0.3 is 10.2 Å². The number of likely N-dealkylation sites (tertiary alicyclic amines) is 1. The van der Waals surface area contributed by atoms with Crippen molar-refractivity contribution in [3.8, 4) is 0 Å². The monoisotopic (exact) mass is 477 g/mol. The van der Waals surface area contributed by atoms with E-state index in [2.05, 4.69) is 16.2 Å². The third kappa shape index (κ3) is 3.14. The fourth-order valence-corrected chi connectivity index (χ4v) is 6.45. The molecule has 3 atom stereocenters. The van der Waals surface area contributed by atoms with Crippen molar-refractivity contribution in [2.75, 3.05) is 35.3 Å². The number of allylic oxidation sites excluding steroid dienone is 1. The number of fused-ring (bicyclic) bond motifs is 2. The molecular weight excluding hydrogens is 456 g/mol. The Kier molecular flexibility index (Phi) is 4.21. The summed E-state index contributed by atoms with van der Waals surface area (Å²) in [4.78, 5) is 18.9. The van der Waals surface area contributed by atoms with Crippen molar-refractivity contribution >= 4 is 33.2 Å². The number of alkyl halides is 2. The Labute approximate surface area is 188 Å². The summed E-state index contributed by atoms with van der Waals surface area (Å²) in [5.41, 5.74) is 2.28. The molecule has 4 aliphatic rings. The number of nitrogens with zero attached hydrogens (tertiary/aromatic N) is 5.